The van der Waals surface area contributed by atoms with Crippen LogP contribution in [0.4, 0.5) is 0 Å². The highest BCUT2D eigenvalue weighted by molar-refractivity contribution is 5.04. The lowest BCUT2D eigenvalue weighted by Gasteiger charge is -2.32. The van der Waals surface area contributed by atoms with Crippen LogP contribution in [0.5, 0.6) is 0 Å². The van der Waals surface area contributed by atoms with E-state index in [4.69, 9.17) is 9.15 Å². The van der Waals surface area contributed by atoms with Gasteiger partial charge in [0.15, 0.2) is 0 Å². The first-order valence-corrected chi connectivity index (χ1v) is 6.81. The molecule has 0 spiro atoms. The summed E-state index contributed by atoms with van der Waals surface area (Å²) in [7, 11) is 1.80. The molecule has 1 aromatic rings. The Morgan fingerprint density at radius 3 is 3.28 bits per heavy atom. The van der Waals surface area contributed by atoms with Crippen molar-refractivity contribution >= 4 is 0 Å². The molecule has 1 N–H and O–H groups in total. The summed E-state index contributed by atoms with van der Waals surface area (Å²) < 4.78 is 10.3. The molecule has 1 atom stereocenters. The smallest absolute Gasteiger partial charge is 0.0947 e. The summed E-state index contributed by atoms with van der Waals surface area (Å²) in [5, 5.41) is 3.45. The van der Waals surface area contributed by atoms with E-state index in [1.807, 2.05) is 6.07 Å². The molecule has 1 aliphatic rings. The van der Waals surface area contributed by atoms with Crippen LogP contribution in [-0.4, -0.2) is 44.8 Å². The molecule has 1 aliphatic heterocycles. The second-order valence-corrected chi connectivity index (χ2v) is 5.07. The van der Waals surface area contributed by atoms with Crippen LogP contribution in [0.3, 0.4) is 0 Å². The summed E-state index contributed by atoms with van der Waals surface area (Å²) >= 11 is 0. The topological polar surface area (TPSA) is 37.6 Å². The van der Waals surface area contributed by atoms with E-state index in [9.17, 15) is 0 Å². The molecule has 2 rings (SSSR count). The van der Waals surface area contributed by atoms with E-state index >= 15 is 0 Å². The van der Waals surface area contributed by atoms with Gasteiger partial charge >= 0.3 is 0 Å². The van der Waals surface area contributed by atoms with E-state index in [1.54, 1.807) is 19.6 Å². The number of hydrogen-bond donors (Lipinski definition) is 1. The van der Waals surface area contributed by atoms with Crippen LogP contribution < -0.4 is 5.32 Å². The lowest BCUT2D eigenvalue weighted by atomic mass is 9.99. The Bertz CT molecular complexity index is 312. The zero-order valence-electron chi connectivity index (χ0n) is 11.2. The average molecular weight is 252 g/mol. The lowest BCUT2D eigenvalue weighted by Crippen LogP contribution is -2.40. The highest BCUT2D eigenvalue weighted by Crippen LogP contribution is 2.15. The molecule has 102 valence electrons. The minimum atomic E-state index is 0.720. The van der Waals surface area contributed by atoms with Crippen molar-refractivity contribution in [3.05, 3.63) is 24.2 Å². The summed E-state index contributed by atoms with van der Waals surface area (Å²) in [5.41, 5.74) is 1.21. The molecule has 1 saturated heterocycles. The summed E-state index contributed by atoms with van der Waals surface area (Å²) in [5.74, 6) is 0.720. The van der Waals surface area contributed by atoms with E-state index < -0.39 is 0 Å². The molecule has 1 aromatic heterocycles. The van der Waals surface area contributed by atoms with Gasteiger partial charge in [0, 0.05) is 38.9 Å². The maximum Gasteiger partial charge on any atom is 0.0947 e. The van der Waals surface area contributed by atoms with Gasteiger partial charge in [0.1, 0.15) is 0 Å². The molecule has 0 aromatic carbocycles. The molecule has 1 unspecified atom stereocenters. The van der Waals surface area contributed by atoms with Crippen LogP contribution in [0.2, 0.25) is 0 Å². The second kappa shape index (κ2) is 7.56. The van der Waals surface area contributed by atoms with Gasteiger partial charge in [-0.1, -0.05) is 0 Å². The predicted octanol–water partition coefficient (Wildman–Crippen LogP) is 1.73. The van der Waals surface area contributed by atoms with Gasteiger partial charge in [-0.05, 0) is 31.4 Å². The molecule has 18 heavy (non-hydrogen) atoms. The lowest BCUT2D eigenvalue weighted by molar-refractivity contribution is 0.0910. The van der Waals surface area contributed by atoms with Crippen molar-refractivity contribution in [2.45, 2.75) is 19.4 Å². The summed E-state index contributed by atoms with van der Waals surface area (Å²) in [4.78, 5) is 2.54. The summed E-state index contributed by atoms with van der Waals surface area (Å²) in [6.45, 7) is 6.36. The minimum absolute atomic E-state index is 0.720. The van der Waals surface area contributed by atoms with Gasteiger partial charge in [-0.15, -0.1) is 0 Å². The highest BCUT2D eigenvalue weighted by Gasteiger charge is 2.18. The molecule has 0 aliphatic carbocycles. The zero-order chi connectivity index (χ0) is 12.6. The Labute approximate surface area is 109 Å². The molecular formula is C14H24N2O2. The molecule has 0 bridgehead atoms. The third kappa shape index (κ3) is 4.44. The largest absolute Gasteiger partial charge is 0.472 e. The van der Waals surface area contributed by atoms with Gasteiger partial charge in [0.25, 0.3) is 0 Å². The SMILES string of the molecule is COCC1CCCN(CCNCc2ccoc2)C1. The molecule has 0 amide bonds. The minimum Gasteiger partial charge on any atom is -0.472 e. The van der Waals surface area contributed by atoms with Gasteiger partial charge in [-0.2, -0.15) is 0 Å². The first kappa shape index (κ1) is 13.6. The predicted molar refractivity (Wildman–Crippen MR) is 71.5 cm³/mol. The van der Waals surface area contributed by atoms with Crippen molar-refractivity contribution in [3.63, 3.8) is 0 Å². The number of likely N-dealkylation sites (tertiary alicyclic amines) is 1. The van der Waals surface area contributed by atoms with Crippen LogP contribution in [0, 0.1) is 5.92 Å². The number of nitrogens with zero attached hydrogens (tertiary/aromatic N) is 1. The van der Waals surface area contributed by atoms with Crippen molar-refractivity contribution in [3.8, 4) is 0 Å². The Morgan fingerprint density at radius 2 is 2.50 bits per heavy atom. The zero-order valence-corrected chi connectivity index (χ0v) is 11.2. The van der Waals surface area contributed by atoms with Crippen molar-refractivity contribution in [1.82, 2.24) is 10.2 Å². The standard InChI is InChI=1S/C14H24N2O2/c1-17-11-14-3-2-6-16(10-14)7-5-15-9-13-4-8-18-12-13/h4,8,12,14-15H,2-3,5-7,9-11H2,1H3. The maximum atomic E-state index is 5.25. The number of piperidine rings is 1. The first-order chi connectivity index (χ1) is 8.88. The van der Waals surface area contributed by atoms with E-state index in [2.05, 4.69) is 10.2 Å². The fourth-order valence-electron chi connectivity index (χ4n) is 2.59. The fourth-order valence-corrected chi connectivity index (χ4v) is 2.59. The molecule has 0 saturated carbocycles. The Hall–Kier alpha value is -0.840. The van der Waals surface area contributed by atoms with E-state index in [0.717, 1.165) is 32.2 Å². The van der Waals surface area contributed by atoms with Crippen LogP contribution in [0.15, 0.2) is 23.0 Å². The summed E-state index contributed by atoms with van der Waals surface area (Å²) in [6, 6.07) is 2.00. The number of hydrogen-bond acceptors (Lipinski definition) is 4. The van der Waals surface area contributed by atoms with Crippen LogP contribution in [0.25, 0.3) is 0 Å². The van der Waals surface area contributed by atoms with Gasteiger partial charge in [0.2, 0.25) is 0 Å². The van der Waals surface area contributed by atoms with Crippen LogP contribution in [0.1, 0.15) is 18.4 Å². The Balaban J connectivity index is 1.58. The monoisotopic (exact) mass is 252 g/mol. The third-order valence-corrected chi connectivity index (χ3v) is 3.52. The first-order valence-electron chi connectivity index (χ1n) is 6.81. The number of methoxy groups -OCH3 is 1. The van der Waals surface area contributed by atoms with E-state index in [1.165, 1.54) is 31.5 Å². The molecule has 4 heteroatoms. The molecule has 1 fully saturated rings. The third-order valence-electron chi connectivity index (χ3n) is 3.52. The van der Waals surface area contributed by atoms with Crippen molar-refractivity contribution in [1.29, 1.82) is 0 Å². The maximum absolute atomic E-state index is 5.25. The number of furan rings is 1. The van der Waals surface area contributed by atoms with Gasteiger partial charge < -0.3 is 19.4 Å². The van der Waals surface area contributed by atoms with Crippen molar-refractivity contribution in [2.24, 2.45) is 5.92 Å². The number of nitrogens with one attached hydrogen (secondary N) is 1. The summed E-state index contributed by atoms with van der Waals surface area (Å²) in [6.07, 6.45) is 6.13. The van der Waals surface area contributed by atoms with Gasteiger partial charge in [-0.3, -0.25) is 0 Å². The molecule has 2 heterocycles. The highest BCUT2D eigenvalue weighted by atomic mass is 16.5. The average Bonchev–Trinajstić information content (AvgIpc) is 2.89. The van der Waals surface area contributed by atoms with E-state index in [0.29, 0.717) is 0 Å². The van der Waals surface area contributed by atoms with Crippen molar-refractivity contribution < 1.29 is 9.15 Å². The van der Waals surface area contributed by atoms with E-state index in [-0.39, 0.29) is 0 Å². The molecule has 0 radical (unpaired) electrons. The number of ether oxygens (including phenoxy) is 1. The normalized spacial score (nSPS) is 21.3. The van der Waals surface area contributed by atoms with Crippen molar-refractivity contribution in [2.75, 3.05) is 39.9 Å². The molecule has 4 nitrogen and oxygen atoms in total. The Kier molecular flexibility index (Phi) is 5.71. The van der Waals surface area contributed by atoms with Gasteiger partial charge in [-0.25, -0.2) is 0 Å². The van der Waals surface area contributed by atoms with Gasteiger partial charge in [0.05, 0.1) is 19.1 Å². The van der Waals surface area contributed by atoms with Crippen LogP contribution in [-0.2, 0) is 11.3 Å². The molecular weight excluding hydrogens is 228 g/mol. The quantitative estimate of drug-likeness (QED) is 0.750. The fraction of sp³-hybridized carbons (Fsp3) is 0.714. The van der Waals surface area contributed by atoms with Crippen LogP contribution >= 0.6 is 0 Å². The second-order valence-electron chi connectivity index (χ2n) is 5.07. The number of rotatable bonds is 7. The Morgan fingerprint density at radius 1 is 1.56 bits per heavy atom.